The van der Waals surface area contributed by atoms with Gasteiger partial charge in [-0.15, -0.1) is 0 Å². The molecule has 0 aromatic carbocycles. The fourth-order valence-electron chi connectivity index (χ4n) is 2.21. The molecular formula is C12H16N2OS. The van der Waals surface area contributed by atoms with Gasteiger partial charge in [-0.2, -0.15) is 0 Å². The monoisotopic (exact) mass is 236 g/mol. The minimum absolute atomic E-state index is 0.143. The van der Waals surface area contributed by atoms with Gasteiger partial charge in [0.2, 0.25) is 0 Å². The molecule has 0 saturated heterocycles. The third-order valence-corrected chi connectivity index (χ3v) is 4.02. The second kappa shape index (κ2) is 4.45. The third-order valence-electron chi connectivity index (χ3n) is 3.04. The van der Waals surface area contributed by atoms with Crippen LogP contribution in [0.1, 0.15) is 47.8 Å². The lowest BCUT2D eigenvalue weighted by Gasteiger charge is -2.27. The zero-order valence-corrected chi connectivity index (χ0v) is 10.4. The minimum Gasteiger partial charge on any atom is -0.360 e. The summed E-state index contributed by atoms with van der Waals surface area (Å²) in [6.45, 7) is 4.26. The predicted molar refractivity (Wildman–Crippen MR) is 66.5 cm³/mol. The van der Waals surface area contributed by atoms with Gasteiger partial charge < -0.3 is 5.73 Å². The molecule has 2 atom stereocenters. The first-order valence-electron chi connectivity index (χ1n) is 5.50. The van der Waals surface area contributed by atoms with Crippen molar-refractivity contribution in [3.8, 4) is 0 Å². The van der Waals surface area contributed by atoms with Gasteiger partial charge in [0.05, 0.1) is 10.9 Å². The Hall–Kier alpha value is -1.03. The molecule has 16 heavy (non-hydrogen) atoms. The SMILES string of the molecule is Cc1cnc2c(c1)C(C)CCC2SC(N)=O. The molecular weight excluding hydrogens is 220 g/mol. The molecule has 0 spiro atoms. The van der Waals surface area contributed by atoms with E-state index in [4.69, 9.17) is 5.73 Å². The summed E-state index contributed by atoms with van der Waals surface area (Å²) in [5.41, 5.74) is 8.75. The van der Waals surface area contributed by atoms with E-state index in [1.807, 2.05) is 13.1 Å². The van der Waals surface area contributed by atoms with Crippen molar-refractivity contribution < 1.29 is 4.79 Å². The van der Waals surface area contributed by atoms with Crippen molar-refractivity contribution in [1.82, 2.24) is 4.98 Å². The highest BCUT2D eigenvalue weighted by molar-refractivity contribution is 8.13. The largest absolute Gasteiger partial charge is 0.360 e. The van der Waals surface area contributed by atoms with E-state index in [2.05, 4.69) is 18.0 Å². The molecule has 86 valence electrons. The van der Waals surface area contributed by atoms with E-state index in [9.17, 15) is 4.79 Å². The molecule has 2 N–H and O–H groups in total. The summed E-state index contributed by atoms with van der Waals surface area (Å²) < 4.78 is 0. The van der Waals surface area contributed by atoms with Crippen molar-refractivity contribution in [2.45, 2.75) is 37.9 Å². The van der Waals surface area contributed by atoms with E-state index in [0.717, 1.165) is 18.5 Å². The van der Waals surface area contributed by atoms with Gasteiger partial charge in [0, 0.05) is 6.20 Å². The molecule has 4 heteroatoms. The number of amides is 1. The Balaban J connectivity index is 2.36. The van der Waals surface area contributed by atoms with Crippen molar-refractivity contribution >= 4 is 17.0 Å². The Morgan fingerprint density at radius 1 is 1.56 bits per heavy atom. The van der Waals surface area contributed by atoms with Crippen LogP contribution in [0.2, 0.25) is 0 Å². The molecule has 1 heterocycles. The summed E-state index contributed by atoms with van der Waals surface area (Å²) in [7, 11) is 0. The molecule has 0 saturated carbocycles. The smallest absolute Gasteiger partial charge is 0.277 e. The van der Waals surface area contributed by atoms with Gasteiger partial charge >= 0.3 is 0 Å². The van der Waals surface area contributed by atoms with E-state index in [1.165, 1.54) is 22.9 Å². The number of rotatable bonds is 1. The molecule has 0 bridgehead atoms. The quantitative estimate of drug-likeness (QED) is 0.815. The molecule has 0 aliphatic heterocycles. The fourth-order valence-corrected chi connectivity index (χ4v) is 3.06. The maximum Gasteiger partial charge on any atom is 0.277 e. The third kappa shape index (κ3) is 2.21. The number of nitrogens with two attached hydrogens (primary N) is 1. The molecule has 1 amide bonds. The number of aryl methyl sites for hydroxylation is 1. The van der Waals surface area contributed by atoms with Crippen molar-refractivity contribution in [2.24, 2.45) is 5.73 Å². The highest BCUT2D eigenvalue weighted by atomic mass is 32.2. The fraction of sp³-hybridized carbons (Fsp3) is 0.500. The highest BCUT2D eigenvalue weighted by Gasteiger charge is 2.27. The minimum atomic E-state index is -0.312. The second-order valence-corrected chi connectivity index (χ2v) is 5.60. The van der Waals surface area contributed by atoms with Crippen LogP contribution in [0.5, 0.6) is 0 Å². The van der Waals surface area contributed by atoms with Crippen molar-refractivity contribution in [3.05, 3.63) is 29.1 Å². The van der Waals surface area contributed by atoms with E-state index in [-0.39, 0.29) is 10.5 Å². The Kier molecular flexibility index (Phi) is 3.19. The molecule has 3 nitrogen and oxygen atoms in total. The van der Waals surface area contributed by atoms with E-state index >= 15 is 0 Å². The average molecular weight is 236 g/mol. The Morgan fingerprint density at radius 3 is 3.00 bits per heavy atom. The van der Waals surface area contributed by atoms with Gasteiger partial charge in [-0.1, -0.05) is 24.8 Å². The summed E-state index contributed by atoms with van der Waals surface area (Å²) in [5, 5.41) is -0.169. The van der Waals surface area contributed by atoms with Crippen LogP contribution in [0, 0.1) is 6.92 Å². The molecule has 1 aliphatic carbocycles. The number of pyridine rings is 1. The summed E-state index contributed by atoms with van der Waals surface area (Å²) in [6.07, 6.45) is 3.95. The van der Waals surface area contributed by atoms with E-state index in [0.29, 0.717) is 5.92 Å². The normalized spacial score (nSPS) is 23.9. The van der Waals surface area contributed by atoms with E-state index in [1.54, 1.807) is 0 Å². The number of primary amides is 1. The molecule has 2 rings (SSSR count). The maximum atomic E-state index is 11.0. The summed E-state index contributed by atoms with van der Waals surface area (Å²) in [6, 6.07) is 2.18. The molecule has 2 unspecified atom stereocenters. The number of aromatic nitrogens is 1. The summed E-state index contributed by atoms with van der Waals surface area (Å²) >= 11 is 1.20. The molecule has 0 radical (unpaired) electrons. The number of fused-ring (bicyclic) bond motifs is 1. The van der Waals surface area contributed by atoms with Gasteiger partial charge in [-0.3, -0.25) is 9.78 Å². The maximum absolute atomic E-state index is 11.0. The summed E-state index contributed by atoms with van der Waals surface area (Å²) in [5.74, 6) is 0.534. The first-order valence-corrected chi connectivity index (χ1v) is 6.38. The Bertz CT molecular complexity index is 419. The van der Waals surface area contributed by atoms with Crippen LogP contribution >= 0.6 is 11.8 Å². The van der Waals surface area contributed by atoms with Gasteiger partial charge in [0.15, 0.2) is 0 Å². The van der Waals surface area contributed by atoms with Crippen LogP contribution in [0.3, 0.4) is 0 Å². The topological polar surface area (TPSA) is 56.0 Å². The first kappa shape index (κ1) is 11.5. The van der Waals surface area contributed by atoms with Crippen LogP contribution in [0.25, 0.3) is 0 Å². The zero-order chi connectivity index (χ0) is 11.7. The van der Waals surface area contributed by atoms with Gasteiger partial charge in [-0.25, -0.2) is 0 Å². The summed E-state index contributed by atoms with van der Waals surface area (Å²) in [4.78, 5) is 15.5. The molecule has 1 aromatic heterocycles. The van der Waals surface area contributed by atoms with Crippen molar-refractivity contribution in [2.75, 3.05) is 0 Å². The predicted octanol–water partition coefficient (Wildman–Crippen LogP) is 3.14. The lowest BCUT2D eigenvalue weighted by atomic mass is 9.86. The van der Waals surface area contributed by atoms with Crippen LogP contribution in [0.4, 0.5) is 4.79 Å². The van der Waals surface area contributed by atoms with Crippen LogP contribution < -0.4 is 5.73 Å². The van der Waals surface area contributed by atoms with Crippen LogP contribution in [-0.2, 0) is 0 Å². The van der Waals surface area contributed by atoms with Gasteiger partial charge in [0.1, 0.15) is 0 Å². The standard InChI is InChI=1S/C12H16N2OS/c1-7-5-9-8(2)3-4-10(16-12(13)15)11(9)14-6-7/h5-6,8,10H,3-4H2,1-2H3,(H2,13,15). The number of thioether (sulfide) groups is 1. The van der Waals surface area contributed by atoms with Crippen LogP contribution in [0.15, 0.2) is 12.3 Å². The number of carbonyl (C=O) groups excluding carboxylic acids is 1. The average Bonchev–Trinajstić information content (AvgIpc) is 2.22. The number of hydrogen-bond acceptors (Lipinski definition) is 3. The molecule has 0 fully saturated rings. The number of hydrogen-bond donors (Lipinski definition) is 1. The molecule has 1 aliphatic rings. The number of carbonyl (C=O) groups is 1. The van der Waals surface area contributed by atoms with Crippen LogP contribution in [-0.4, -0.2) is 10.2 Å². The van der Waals surface area contributed by atoms with Crippen molar-refractivity contribution in [3.63, 3.8) is 0 Å². The van der Waals surface area contributed by atoms with Gasteiger partial charge in [-0.05, 0) is 36.8 Å². The van der Waals surface area contributed by atoms with E-state index < -0.39 is 0 Å². The Labute approximate surface area is 99.8 Å². The Morgan fingerprint density at radius 2 is 2.31 bits per heavy atom. The molecule has 1 aromatic rings. The lowest BCUT2D eigenvalue weighted by Crippen LogP contribution is -2.16. The van der Waals surface area contributed by atoms with Gasteiger partial charge in [0.25, 0.3) is 5.24 Å². The van der Waals surface area contributed by atoms with Crippen molar-refractivity contribution in [1.29, 1.82) is 0 Å². The lowest BCUT2D eigenvalue weighted by molar-refractivity contribution is 0.267. The highest BCUT2D eigenvalue weighted by Crippen LogP contribution is 2.43. The zero-order valence-electron chi connectivity index (χ0n) is 9.56. The second-order valence-electron chi connectivity index (χ2n) is 4.39. The first-order chi connectivity index (χ1) is 7.58. The number of nitrogens with zero attached hydrogens (tertiary/aromatic N) is 1.